The van der Waals surface area contributed by atoms with Crippen LogP contribution >= 0.6 is 11.6 Å². The molecule has 0 aromatic carbocycles. The molecule has 1 unspecified atom stereocenters. The van der Waals surface area contributed by atoms with E-state index in [0.717, 1.165) is 44.8 Å². The van der Waals surface area contributed by atoms with Crippen molar-refractivity contribution in [3.05, 3.63) is 23.4 Å². The van der Waals surface area contributed by atoms with E-state index in [9.17, 15) is 0 Å². The minimum Gasteiger partial charge on any atom is -0.452 e. The Labute approximate surface area is 128 Å². The molecule has 114 valence electrons. The summed E-state index contributed by atoms with van der Waals surface area (Å²) >= 11 is 5.96. The van der Waals surface area contributed by atoms with Crippen molar-refractivity contribution in [3.63, 3.8) is 0 Å². The molecule has 21 heavy (non-hydrogen) atoms. The van der Waals surface area contributed by atoms with E-state index in [1.807, 2.05) is 0 Å². The van der Waals surface area contributed by atoms with Crippen LogP contribution in [0.5, 0.6) is 0 Å². The molecule has 7 heteroatoms. The van der Waals surface area contributed by atoms with Gasteiger partial charge in [-0.15, -0.1) is 0 Å². The lowest BCUT2D eigenvalue weighted by atomic mass is 10.1. The van der Waals surface area contributed by atoms with Crippen LogP contribution in [0.25, 0.3) is 11.5 Å². The van der Waals surface area contributed by atoms with Gasteiger partial charge in [-0.25, -0.2) is 0 Å². The quantitative estimate of drug-likeness (QED) is 0.916. The second kappa shape index (κ2) is 6.60. The molecular weight excluding hydrogens is 292 g/mol. The fourth-order valence-electron chi connectivity index (χ4n) is 2.67. The second-order valence-electron chi connectivity index (χ2n) is 5.16. The average molecular weight is 311 g/mol. The van der Waals surface area contributed by atoms with E-state index in [4.69, 9.17) is 20.5 Å². The Hall–Kier alpha value is -1.37. The maximum absolute atomic E-state index is 5.96. The van der Waals surface area contributed by atoms with Crippen LogP contribution in [0.4, 0.5) is 0 Å². The molecular formula is C14H19ClN4O2. The summed E-state index contributed by atoms with van der Waals surface area (Å²) in [6.07, 6.45) is 3.60. The van der Waals surface area contributed by atoms with Crippen LogP contribution in [-0.4, -0.2) is 41.2 Å². The predicted molar refractivity (Wildman–Crippen MR) is 79.1 cm³/mol. The Bertz CT molecular complexity index is 577. The Morgan fingerprint density at radius 1 is 1.43 bits per heavy atom. The molecule has 1 N–H and O–H groups in total. The van der Waals surface area contributed by atoms with Gasteiger partial charge in [-0.05, 0) is 24.1 Å². The van der Waals surface area contributed by atoms with Crippen molar-refractivity contribution in [2.45, 2.75) is 25.8 Å². The number of aromatic nitrogens is 2. The predicted octanol–water partition coefficient (Wildman–Crippen LogP) is 2.73. The van der Waals surface area contributed by atoms with Crippen molar-refractivity contribution in [1.29, 1.82) is 0 Å². The first-order chi connectivity index (χ1) is 10.3. The summed E-state index contributed by atoms with van der Waals surface area (Å²) in [5.41, 5.74) is 0.644. The summed E-state index contributed by atoms with van der Waals surface area (Å²) in [7, 11) is 0. The van der Waals surface area contributed by atoms with Crippen LogP contribution in [-0.2, 0) is 0 Å². The molecule has 0 saturated carbocycles. The van der Waals surface area contributed by atoms with Crippen LogP contribution in [0.2, 0.25) is 5.22 Å². The van der Waals surface area contributed by atoms with Crippen molar-refractivity contribution in [3.8, 4) is 11.5 Å². The molecule has 3 heterocycles. The van der Waals surface area contributed by atoms with Crippen LogP contribution < -0.4 is 5.32 Å². The zero-order valence-corrected chi connectivity index (χ0v) is 12.8. The number of hydrogen-bond donors (Lipinski definition) is 1. The minimum absolute atomic E-state index is 0.195. The van der Waals surface area contributed by atoms with Crippen LogP contribution in [0.3, 0.4) is 0 Å². The second-order valence-corrected chi connectivity index (χ2v) is 5.50. The average Bonchev–Trinajstić information content (AvgIpc) is 3.14. The SMILES string of the molecule is CCCC(c1noc(-c2ccoc2Cl)n1)N1CCNCC1. The molecule has 0 bridgehead atoms. The largest absolute Gasteiger partial charge is 0.452 e. The molecule has 2 aromatic heterocycles. The number of hydrogen-bond acceptors (Lipinski definition) is 6. The molecule has 0 radical (unpaired) electrons. The van der Waals surface area contributed by atoms with Gasteiger partial charge in [0.25, 0.3) is 5.89 Å². The molecule has 6 nitrogen and oxygen atoms in total. The summed E-state index contributed by atoms with van der Waals surface area (Å²) in [6, 6.07) is 1.93. The van der Waals surface area contributed by atoms with Crippen molar-refractivity contribution in [2.75, 3.05) is 26.2 Å². The highest BCUT2D eigenvalue weighted by atomic mass is 35.5. The van der Waals surface area contributed by atoms with Crippen molar-refractivity contribution >= 4 is 11.6 Å². The van der Waals surface area contributed by atoms with Gasteiger partial charge < -0.3 is 14.3 Å². The van der Waals surface area contributed by atoms with E-state index in [0.29, 0.717) is 11.5 Å². The number of furan rings is 1. The molecule has 0 spiro atoms. The molecule has 2 aromatic rings. The topological polar surface area (TPSA) is 67.3 Å². The van der Waals surface area contributed by atoms with Gasteiger partial charge in [0.15, 0.2) is 5.82 Å². The van der Waals surface area contributed by atoms with E-state index in [1.165, 1.54) is 6.26 Å². The monoisotopic (exact) mass is 310 g/mol. The highest BCUT2D eigenvalue weighted by molar-refractivity contribution is 6.31. The van der Waals surface area contributed by atoms with Gasteiger partial charge in [0.1, 0.15) is 0 Å². The van der Waals surface area contributed by atoms with E-state index >= 15 is 0 Å². The molecule has 1 atom stereocenters. The lowest BCUT2D eigenvalue weighted by Gasteiger charge is -2.33. The molecule has 0 amide bonds. The minimum atomic E-state index is 0.195. The Kier molecular flexibility index (Phi) is 4.57. The highest BCUT2D eigenvalue weighted by Gasteiger charge is 2.26. The summed E-state index contributed by atoms with van der Waals surface area (Å²) in [5, 5.41) is 7.80. The maximum atomic E-state index is 5.96. The van der Waals surface area contributed by atoms with E-state index in [2.05, 4.69) is 27.3 Å². The molecule has 1 fully saturated rings. The van der Waals surface area contributed by atoms with Crippen LogP contribution in [0.1, 0.15) is 31.6 Å². The van der Waals surface area contributed by atoms with E-state index < -0.39 is 0 Å². The van der Waals surface area contributed by atoms with E-state index in [-0.39, 0.29) is 11.3 Å². The maximum Gasteiger partial charge on any atom is 0.262 e. The fourth-order valence-corrected chi connectivity index (χ4v) is 2.86. The third-order valence-corrected chi connectivity index (χ3v) is 4.04. The van der Waals surface area contributed by atoms with Gasteiger partial charge in [-0.2, -0.15) is 4.98 Å². The van der Waals surface area contributed by atoms with Crippen molar-refractivity contribution < 1.29 is 8.94 Å². The smallest absolute Gasteiger partial charge is 0.262 e. The standard InChI is InChI=1S/C14H19ClN4O2/c1-2-3-11(19-7-5-16-6-8-19)13-17-14(21-18-13)10-4-9-20-12(10)15/h4,9,11,16H,2-3,5-8H2,1H3. The number of rotatable bonds is 5. The van der Waals surface area contributed by atoms with Crippen molar-refractivity contribution in [1.82, 2.24) is 20.4 Å². The van der Waals surface area contributed by atoms with Crippen molar-refractivity contribution in [2.24, 2.45) is 0 Å². The number of piperazine rings is 1. The first kappa shape index (κ1) is 14.6. The highest BCUT2D eigenvalue weighted by Crippen LogP contribution is 2.30. The zero-order valence-electron chi connectivity index (χ0n) is 12.0. The van der Waals surface area contributed by atoms with E-state index in [1.54, 1.807) is 6.07 Å². The molecule has 3 rings (SSSR count). The van der Waals surface area contributed by atoms with Gasteiger partial charge in [-0.1, -0.05) is 18.5 Å². The summed E-state index contributed by atoms with van der Waals surface area (Å²) in [6.45, 7) is 6.17. The zero-order chi connectivity index (χ0) is 14.7. The van der Waals surface area contributed by atoms with Crippen LogP contribution in [0, 0.1) is 0 Å². The molecule has 0 aliphatic carbocycles. The lowest BCUT2D eigenvalue weighted by Crippen LogP contribution is -2.45. The normalized spacial score (nSPS) is 18.0. The van der Waals surface area contributed by atoms with Gasteiger partial charge >= 0.3 is 0 Å². The first-order valence-electron chi connectivity index (χ1n) is 7.31. The lowest BCUT2D eigenvalue weighted by molar-refractivity contribution is 0.155. The van der Waals surface area contributed by atoms with Gasteiger partial charge in [-0.3, -0.25) is 4.90 Å². The number of nitrogens with zero attached hydrogens (tertiary/aromatic N) is 3. The van der Waals surface area contributed by atoms with Gasteiger partial charge in [0, 0.05) is 26.2 Å². The third-order valence-electron chi connectivity index (χ3n) is 3.74. The third kappa shape index (κ3) is 3.12. The first-order valence-corrected chi connectivity index (χ1v) is 7.69. The molecule has 1 aliphatic heterocycles. The Morgan fingerprint density at radius 2 is 2.24 bits per heavy atom. The fraction of sp³-hybridized carbons (Fsp3) is 0.571. The summed E-state index contributed by atoms with van der Waals surface area (Å²) < 4.78 is 10.4. The van der Waals surface area contributed by atoms with Gasteiger partial charge in [0.2, 0.25) is 5.22 Å². The number of halogens is 1. The number of nitrogens with one attached hydrogen (secondary N) is 1. The summed E-state index contributed by atoms with van der Waals surface area (Å²) in [4.78, 5) is 6.93. The van der Waals surface area contributed by atoms with Gasteiger partial charge in [0.05, 0.1) is 17.9 Å². The Balaban J connectivity index is 1.83. The van der Waals surface area contributed by atoms with Crippen LogP contribution in [0.15, 0.2) is 21.3 Å². The Morgan fingerprint density at radius 3 is 2.90 bits per heavy atom. The summed E-state index contributed by atoms with van der Waals surface area (Å²) in [5.74, 6) is 1.14. The molecule has 1 saturated heterocycles. The molecule has 1 aliphatic rings.